The summed E-state index contributed by atoms with van der Waals surface area (Å²) in [6, 6.07) is 1.84. The quantitative estimate of drug-likeness (QED) is 0.829. The summed E-state index contributed by atoms with van der Waals surface area (Å²) >= 11 is 1.66. The van der Waals surface area contributed by atoms with Crippen molar-refractivity contribution in [2.24, 2.45) is 0 Å². The molecule has 0 bridgehead atoms. The number of hydrogen-bond donors (Lipinski definition) is 0. The van der Waals surface area contributed by atoms with Crippen LogP contribution in [0.5, 0.6) is 5.88 Å². The zero-order valence-corrected chi connectivity index (χ0v) is 11.6. The zero-order chi connectivity index (χ0) is 13.0. The minimum Gasteiger partial charge on any atom is -0.478 e. The van der Waals surface area contributed by atoms with Crippen LogP contribution in [-0.2, 0) is 6.54 Å². The average molecular weight is 264 g/mol. The highest BCUT2D eigenvalue weighted by Crippen LogP contribution is 2.18. The van der Waals surface area contributed by atoms with Gasteiger partial charge in [0.2, 0.25) is 5.88 Å². The maximum absolute atomic E-state index is 5.36. The molecule has 0 atom stereocenters. The molecule has 2 aromatic heterocycles. The van der Waals surface area contributed by atoms with E-state index < -0.39 is 0 Å². The summed E-state index contributed by atoms with van der Waals surface area (Å²) in [4.78, 5) is 14.8. The lowest BCUT2D eigenvalue weighted by Gasteiger charge is -2.16. The van der Waals surface area contributed by atoms with E-state index in [1.807, 2.05) is 31.9 Å². The van der Waals surface area contributed by atoms with Crippen molar-refractivity contribution in [3.63, 3.8) is 0 Å². The van der Waals surface area contributed by atoms with Gasteiger partial charge in [-0.15, -0.1) is 11.3 Å². The van der Waals surface area contributed by atoms with E-state index >= 15 is 0 Å². The van der Waals surface area contributed by atoms with Crippen LogP contribution < -0.4 is 9.64 Å². The lowest BCUT2D eigenvalue weighted by atomic mass is 10.4. The molecule has 6 heteroatoms. The number of hydrogen-bond acceptors (Lipinski definition) is 6. The topological polar surface area (TPSA) is 51.1 Å². The summed E-state index contributed by atoms with van der Waals surface area (Å²) in [6.45, 7) is 5.27. The number of thiazole rings is 1. The second-order valence-corrected chi connectivity index (χ2v) is 4.83. The van der Waals surface area contributed by atoms with E-state index in [9.17, 15) is 0 Å². The molecule has 0 aliphatic rings. The van der Waals surface area contributed by atoms with Gasteiger partial charge in [-0.3, -0.25) is 0 Å². The number of ether oxygens (including phenoxy) is 1. The molecule has 96 valence electrons. The largest absolute Gasteiger partial charge is 0.478 e. The van der Waals surface area contributed by atoms with Gasteiger partial charge in [0.05, 0.1) is 13.2 Å². The Morgan fingerprint density at radius 2 is 2.22 bits per heavy atom. The van der Waals surface area contributed by atoms with Crippen LogP contribution in [-0.4, -0.2) is 28.6 Å². The van der Waals surface area contributed by atoms with Crippen LogP contribution in [0.15, 0.2) is 17.8 Å². The zero-order valence-electron chi connectivity index (χ0n) is 10.8. The van der Waals surface area contributed by atoms with Crippen molar-refractivity contribution < 1.29 is 4.74 Å². The molecule has 0 N–H and O–H groups in total. The van der Waals surface area contributed by atoms with Gasteiger partial charge in [-0.2, -0.15) is 0 Å². The fourth-order valence-electron chi connectivity index (χ4n) is 1.52. The Balaban J connectivity index is 2.08. The smallest absolute Gasteiger partial charge is 0.218 e. The monoisotopic (exact) mass is 264 g/mol. The Morgan fingerprint density at radius 3 is 2.89 bits per heavy atom. The van der Waals surface area contributed by atoms with E-state index in [0.29, 0.717) is 12.5 Å². The summed E-state index contributed by atoms with van der Waals surface area (Å²) in [7, 11) is 1.98. The molecule has 0 aromatic carbocycles. The van der Waals surface area contributed by atoms with Gasteiger partial charge in [-0.25, -0.2) is 15.0 Å². The van der Waals surface area contributed by atoms with Crippen LogP contribution in [0, 0.1) is 6.92 Å². The number of anilines is 1. The van der Waals surface area contributed by atoms with Gasteiger partial charge in [0.25, 0.3) is 0 Å². The molecule has 0 saturated carbocycles. The molecule has 0 spiro atoms. The number of nitrogens with zero attached hydrogens (tertiary/aromatic N) is 4. The van der Waals surface area contributed by atoms with E-state index in [4.69, 9.17) is 4.74 Å². The van der Waals surface area contributed by atoms with Crippen LogP contribution in [0.4, 0.5) is 5.82 Å². The van der Waals surface area contributed by atoms with Gasteiger partial charge in [0.1, 0.15) is 17.2 Å². The van der Waals surface area contributed by atoms with E-state index in [1.165, 1.54) is 6.33 Å². The summed E-state index contributed by atoms with van der Waals surface area (Å²) in [5.41, 5.74) is 1.06. The number of aromatic nitrogens is 3. The Bertz CT molecular complexity index is 514. The summed E-state index contributed by atoms with van der Waals surface area (Å²) in [5, 5.41) is 3.13. The van der Waals surface area contributed by atoms with Gasteiger partial charge in [-0.05, 0) is 13.8 Å². The number of aryl methyl sites for hydroxylation is 1. The molecule has 0 aliphatic heterocycles. The second kappa shape index (κ2) is 5.77. The van der Waals surface area contributed by atoms with Crippen molar-refractivity contribution in [2.75, 3.05) is 18.6 Å². The summed E-state index contributed by atoms with van der Waals surface area (Å²) in [5.74, 6) is 1.44. The normalized spacial score (nSPS) is 10.4. The highest BCUT2D eigenvalue weighted by atomic mass is 32.1. The first-order valence-corrected chi connectivity index (χ1v) is 6.64. The molecule has 0 amide bonds. The first-order valence-electron chi connectivity index (χ1n) is 5.76. The van der Waals surface area contributed by atoms with Crippen molar-refractivity contribution in [1.82, 2.24) is 15.0 Å². The fourth-order valence-corrected chi connectivity index (χ4v) is 2.35. The van der Waals surface area contributed by atoms with Gasteiger partial charge in [0.15, 0.2) is 0 Å². The molecule has 0 aliphatic carbocycles. The lowest BCUT2D eigenvalue weighted by molar-refractivity contribution is 0.326. The van der Waals surface area contributed by atoms with Crippen molar-refractivity contribution in [2.45, 2.75) is 20.4 Å². The summed E-state index contributed by atoms with van der Waals surface area (Å²) in [6.07, 6.45) is 1.52. The molecule has 2 heterocycles. The van der Waals surface area contributed by atoms with Crippen LogP contribution in [0.1, 0.15) is 17.6 Å². The maximum atomic E-state index is 5.36. The molecular formula is C12H16N4OS. The predicted octanol–water partition coefficient (Wildman–Crippen LogP) is 2.28. The fraction of sp³-hybridized carbons (Fsp3) is 0.417. The molecule has 18 heavy (non-hydrogen) atoms. The molecular weight excluding hydrogens is 248 g/mol. The van der Waals surface area contributed by atoms with Crippen LogP contribution >= 0.6 is 11.3 Å². The molecule has 2 rings (SSSR count). The highest BCUT2D eigenvalue weighted by molar-refractivity contribution is 7.09. The molecule has 5 nitrogen and oxygen atoms in total. The molecule has 0 fully saturated rings. The third-order valence-corrected chi connectivity index (χ3v) is 3.30. The van der Waals surface area contributed by atoms with Gasteiger partial charge >= 0.3 is 0 Å². The molecule has 2 aromatic rings. The first kappa shape index (κ1) is 12.8. The third-order valence-electron chi connectivity index (χ3n) is 2.35. The van der Waals surface area contributed by atoms with Crippen LogP contribution in [0.25, 0.3) is 0 Å². The van der Waals surface area contributed by atoms with E-state index in [-0.39, 0.29) is 0 Å². The van der Waals surface area contributed by atoms with Crippen LogP contribution in [0.3, 0.4) is 0 Å². The lowest BCUT2D eigenvalue weighted by Crippen LogP contribution is -2.17. The van der Waals surface area contributed by atoms with E-state index in [2.05, 4.69) is 20.3 Å². The summed E-state index contributed by atoms with van der Waals surface area (Å²) < 4.78 is 5.36. The van der Waals surface area contributed by atoms with Crippen molar-refractivity contribution in [1.29, 1.82) is 0 Å². The van der Waals surface area contributed by atoms with Gasteiger partial charge in [0, 0.05) is 24.2 Å². The molecule has 0 radical (unpaired) electrons. The Hall–Kier alpha value is -1.69. The predicted molar refractivity (Wildman–Crippen MR) is 72.2 cm³/mol. The van der Waals surface area contributed by atoms with Gasteiger partial charge in [-0.1, -0.05) is 0 Å². The molecule has 0 saturated heterocycles. The van der Waals surface area contributed by atoms with Crippen molar-refractivity contribution in [3.8, 4) is 5.88 Å². The SMILES string of the molecule is CCOc1cc(N(C)Cc2nc(C)cs2)ncn1. The highest BCUT2D eigenvalue weighted by Gasteiger charge is 2.08. The Kier molecular flexibility index (Phi) is 4.09. The standard InChI is InChI=1S/C12H16N4OS/c1-4-17-11-5-10(13-8-14-11)16(3)6-12-15-9(2)7-18-12/h5,7-8H,4,6H2,1-3H3. The van der Waals surface area contributed by atoms with Gasteiger partial charge < -0.3 is 9.64 Å². The van der Waals surface area contributed by atoms with E-state index in [0.717, 1.165) is 23.1 Å². The Labute approximate surface area is 110 Å². The molecule has 0 unspecified atom stereocenters. The van der Waals surface area contributed by atoms with Crippen molar-refractivity contribution >= 4 is 17.2 Å². The minimum absolute atomic E-state index is 0.602. The Morgan fingerprint density at radius 1 is 1.39 bits per heavy atom. The van der Waals surface area contributed by atoms with Crippen molar-refractivity contribution in [3.05, 3.63) is 28.5 Å². The minimum atomic E-state index is 0.602. The number of rotatable bonds is 5. The first-order chi connectivity index (χ1) is 8.69. The average Bonchev–Trinajstić information content (AvgIpc) is 2.75. The maximum Gasteiger partial charge on any atom is 0.218 e. The van der Waals surface area contributed by atoms with Crippen LogP contribution in [0.2, 0.25) is 0 Å². The van der Waals surface area contributed by atoms with E-state index in [1.54, 1.807) is 11.3 Å². The second-order valence-electron chi connectivity index (χ2n) is 3.89. The third kappa shape index (κ3) is 3.16.